The summed E-state index contributed by atoms with van der Waals surface area (Å²) >= 11 is 0. The summed E-state index contributed by atoms with van der Waals surface area (Å²) in [5.41, 5.74) is 0. The third-order valence-corrected chi connectivity index (χ3v) is 4.49. The van der Waals surface area contributed by atoms with Crippen LogP contribution in [0.25, 0.3) is 43.1 Å². The van der Waals surface area contributed by atoms with E-state index in [2.05, 4.69) is 84.9 Å². The predicted molar refractivity (Wildman–Crippen MR) is 95.3 cm³/mol. The number of fused-ring (bicyclic) bond motifs is 6. The van der Waals surface area contributed by atoms with Gasteiger partial charge in [-0.15, -0.1) is 0 Å². The first-order valence-corrected chi connectivity index (χ1v) is 7.55. The van der Waals surface area contributed by atoms with E-state index in [9.17, 15) is 0 Å². The summed E-state index contributed by atoms with van der Waals surface area (Å²) in [5, 5.41) is 10.0. The molecule has 0 spiro atoms. The average Bonchev–Trinajstić information content (AvgIpc) is 2.60. The van der Waals surface area contributed by atoms with Crippen LogP contribution in [0.5, 0.6) is 0 Å². The van der Waals surface area contributed by atoms with Crippen LogP contribution in [0.3, 0.4) is 0 Å². The average molecular weight is 277 g/mol. The van der Waals surface area contributed by atoms with Crippen molar-refractivity contribution in [1.29, 1.82) is 0 Å². The van der Waals surface area contributed by atoms with E-state index in [0.717, 1.165) is 0 Å². The highest BCUT2D eigenvalue weighted by atomic mass is 14.1. The van der Waals surface area contributed by atoms with Gasteiger partial charge in [-0.2, -0.15) is 0 Å². The van der Waals surface area contributed by atoms with Crippen LogP contribution >= 0.6 is 0 Å². The molecular formula is C22H13. The fourth-order valence-electron chi connectivity index (χ4n) is 3.40. The van der Waals surface area contributed by atoms with E-state index in [-0.39, 0.29) is 0 Å². The summed E-state index contributed by atoms with van der Waals surface area (Å²) in [6, 6.07) is 31.8. The molecule has 0 saturated carbocycles. The summed E-state index contributed by atoms with van der Waals surface area (Å²) in [5.74, 6) is 0. The topological polar surface area (TPSA) is 0 Å². The molecule has 22 heavy (non-hydrogen) atoms. The Labute approximate surface area is 128 Å². The van der Waals surface area contributed by atoms with E-state index >= 15 is 0 Å². The second kappa shape index (κ2) is 4.32. The Balaban J connectivity index is 2.02. The minimum absolute atomic E-state index is 1.18. The van der Waals surface area contributed by atoms with Crippen LogP contribution in [-0.2, 0) is 0 Å². The molecule has 0 N–H and O–H groups in total. The molecule has 0 heteroatoms. The van der Waals surface area contributed by atoms with Crippen LogP contribution in [0.15, 0.2) is 78.9 Å². The van der Waals surface area contributed by atoms with Gasteiger partial charge in [-0.05, 0) is 55.2 Å². The van der Waals surface area contributed by atoms with Crippen molar-refractivity contribution in [1.82, 2.24) is 0 Å². The van der Waals surface area contributed by atoms with Gasteiger partial charge in [0.15, 0.2) is 0 Å². The van der Waals surface area contributed by atoms with Gasteiger partial charge in [-0.3, -0.25) is 0 Å². The standard InChI is InChI=1S/C22H13/c1-3-7-19-15(5-1)9-11-17-14-22-18(13-21(17)19)12-10-16-6-2-4-8-20(16)22/h1-13H. The second-order valence-electron chi connectivity index (χ2n) is 5.77. The summed E-state index contributed by atoms with van der Waals surface area (Å²) in [7, 11) is 0. The van der Waals surface area contributed by atoms with Crippen molar-refractivity contribution >= 4 is 43.1 Å². The van der Waals surface area contributed by atoms with Gasteiger partial charge < -0.3 is 0 Å². The van der Waals surface area contributed by atoms with Crippen molar-refractivity contribution in [2.75, 3.05) is 0 Å². The fraction of sp³-hybridized carbons (Fsp3) is 0. The summed E-state index contributed by atoms with van der Waals surface area (Å²) in [6.45, 7) is 0. The van der Waals surface area contributed by atoms with E-state index in [1.54, 1.807) is 0 Å². The van der Waals surface area contributed by atoms with Crippen molar-refractivity contribution in [3.05, 3.63) is 84.9 Å². The van der Waals surface area contributed by atoms with Gasteiger partial charge in [-0.1, -0.05) is 72.8 Å². The highest BCUT2D eigenvalue weighted by molar-refractivity contribution is 6.16. The lowest BCUT2D eigenvalue weighted by Crippen LogP contribution is -1.82. The van der Waals surface area contributed by atoms with Crippen LogP contribution < -0.4 is 0 Å². The summed E-state index contributed by atoms with van der Waals surface area (Å²) in [4.78, 5) is 0. The Morgan fingerprint density at radius 1 is 0.500 bits per heavy atom. The van der Waals surface area contributed by atoms with Gasteiger partial charge in [0.2, 0.25) is 0 Å². The summed E-state index contributed by atoms with van der Waals surface area (Å²) < 4.78 is 0. The largest absolute Gasteiger partial charge is 0.0616 e. The maximum Gasteiger partial charge on any atom is -0.000763 e. The van der Waals surface area contributed by atoms with E-state index in [1.807, 2.05) is 0 Å². The van der Waals surface area contributed by atoms with Crippen molar-refractivity contribution in [3.8, 4) is 0 Å². The van der Waals surface area contributed by atoms with E-state index < -0.39 is 0 Å². The zero-order chi connectivity index (χ0) is 14.5. The van der Waals surface area contributed by atoms with Gasteiger partial charge >= 0.3 is 0 Å². The monoisotopic (exact) mass is 277 g/mol. The van der Waals surface area contributed by atoms with Crippen LogP contribution in [0, 0.1) is 6.07 Å². The number of hydrogen-bond acceptors (Lipinski definition) is 0. The molecule has 0 fully saturated rings. The molecule has 0 saturated heterocycles. The minimum Gasteiger partial charge on any atom is -0.0616 e. The maximum atomic E-state index is 3.64. The molecule has 1 radical (unpaired) electrons. The maximum absolute atomic E-state index is 3.64. The molecule has 0 bridgehead atoms. The number of rotatable bonds is 0. The molecule has 5 aromatic carbocycles. The fourth-order valence-corrected chi connectivity index (χ4v) is 3.40. The van der Waals surface area contributed by atoms with Crippen LogP contribution in [0.4, 0.5) is 0 Å². The molecule has 0 atom stereocenters. The van der Waals surface area contributed by atoms with Gasteiger partial charge in [0.25, 0.3) is 0 Å². The van der Waals surface area contributed by atoms with Crippen LogP contribution in [0.2, 0.25) is 0 Å². The molecule has 0 aliphatic carbocycles. The van der Waals surface area contributed by atoms with Crippen molar-refractivity contribution in [3.63, 3.8) is 0 Å². The molecule has 5 aromatic rings. The lowest BCUT2D eigenvalue weighted by molar-refractivity contribution is 1.77. The predicted octanol–water partition coefficient (Wildman–Crippen LogP) is 6.10. The molecule has 0 amide bonds. The first-order chi connectivity index (χ1) is 10.9. The van der Waals surface area contributed by atoms with Crippen molar-refractivity contribution in [2.24, 2.45) is 0 Å². The second-order valence-corrected chi connectivity index (χ2v) is 5.77. The third kappa shape index (κ3) is 1.58. The highest BCUT2D eigenvalue weighted by Gasteiger charge is 2.05. The van der Waals surface area contributed by atoms with Crippen molar-refractivity contribution < 1.29 is 0 Å². The molecule has 0 unspecified atom stereocenters. The van der Waals surface area contributed by atoms with Crippen LogP contribution in [0.1, 0.15) is 0 Å². The lowest BCUT2D eigenvalue weighted by atomic mass is 9.95. The lowest BCUT2D eigenvalue weighted by Gasteiger charge is -2.08. The molecular weight excluding hydrogens is 264 g/mol. The Hall–Kier alpha value is -2.86. The van der Waals surface area contributed by atoms with Crippen LogP contribution in [-0.4, -0.2) is 0 Å². The molecule has 5 rings (SSSR count). The summed E-state index contributed by atoms with van der Waals surface area (Å²) in [6.07, 6.45) is 0. The zero-order valence-electron chi connectivity index (χ0n) is 12.0. The molecule has 0 heterocycles. The molecule has 0 aromatic heterocycles. The number of hydrogen-bond donors (Lipinski definition) is 0. The van der Waals surface area contributed by atoms with E-state index in [0.29, 0.717) is 0 Å². The zero-order valence-corrected chi connectivity index (χ0v) is 12.0. The third-order valence-electron chi connectivity index (χ3n) is 4.49. The van der Waals surface area contributed by atoms with Crippen molar-refractivity contribution in [2.45, 2.75) is 0 Å². The van der Waals surface area contributed by atoms with Gasteiger partial charge in [0.1, 0.15) is 0 Å². The Morgan fingerprint density at radius 2 is 1.14 bits per heavy atom. The van der Waals surface area contributed by atoms with Gasteiger partial charge in [-0.25, -0.2) is 0 Å². The normalized spacial score (nSPS) is 11.6. The number of benzene rings is 5. The molecule has 0 nitrogen and oxygen atoms in total. The Morgan fingerprint density at radius 3 is 2.00 bits per heavy atom. The smallest absolute Gasteiger partial charge is 0.000763 e. The minimum atomic E-state index is 1.18. The Kier molecular flexibility index (Phi) is 2.31. The van der Waals surface area contributed by atoms with E-state index in [1.165, 1.54) is 43.1 Å². The molecule has 101 valence electrons. The molecule has 0 aliphatic heterocycles. The van der Waals surface area contributed by atoms with E-state index in [4.69, 9.17) is 0 Å². The SMILES string of the molecule is [c]1c2ccc3ccccc3c2cc2ccc3ccccc3c12. The highest BCUT2D eigenvalue weighted by Crippen LogP contribution is 2.32. The first kappa shape index (κ1) is 11.8. The Bertz CT molecular complexity index is 1070. The van der Waals surface area contributed by atoms with Gasteiger partial charge in [0.05, 0.1) is 0 Å². The quantitative estimate of drug-likeness (QED) is 0.237. The van der Waals surface area contributed by atoms with Gasteiger partial charge in [0, 0.05) is 0 Å². The first-order valence-electron chi connectivity index (χ1n) is 7.55. The molecule has 0 aliphatic rings.